The number of hydrogen-bond acceptors (Lipinski definition) is 1. The summed E-state index contributed by atoms with van der Waals surface area (Å²) in [6, 6.07) is 4.53. The highest BCUT2D eigenvalue weighted by Crippen LogP contribution is 2.29. The molecule has 1 amide bonds. The van der Waals surface area contributed by atoms with Crippen LogP contribution in [0.3, 0.4) is 0 Å². The molecule has 0 radical (unpaired) electrons. The van der Waals surface area contributed by atoms with Gasteiger partial charge in [0.05, 0.1) is 5.69 Å². The third-order valence-corrected chi connectivity index (χ3v) is 2.27. The molecule has 0 saturated heterocycles. The topological polar surface area (TPSA) is 40.5 Å². The number of aryl methyl sites for hydroxylation is 1. The van der Waals surface area contributed by atoms with Crippen molar-refractivity contribution in [2.75, 3.05) is 4.90 Å². The number of carbonyl (C=O) groups is 1. The van der Waals surface area contributed by atoms with Crippen LogP contribution in [0, 0.1) is 12.7 Å². The Kier molecular flexibility index (Phi) is 3.21. The Bertz CT molecular complexity index is 390. The molecule has 1 rings (SSSR count). The van der Waals surface area contributed by atoms with Gasteiger partial charge in [0.15, 0.2) is 0 Å². The maximum absolute atomic E-state index is 13.7. The second kappa shape index (κ2) is 4.12. The molecular formula is C12H16FNO2. The standard InChI is InChI=1S/C12H16FNO2/c1-8-6-5-7-9(13)10(8)14(11(15)16)12(2,3)4/h5-7H,1-4H3,(H,15,16). The zero-order valence-electron chi connectivity index (χ0n) is 9.91. The molecule has 0 spiro atoms. The molecule has 1 aromatic rings. The van der Waals surface area contributed by atoms with Crippen LogP contribution in [0.15, 0.2) is 18.2 Å². The minimum Gasteiger partial charge on any atom is -0.465 e. The van der Waals surface area contributed by atoms with Gasteiger partial charge < -0.3 is 5.11 Å². The molecule has 0 bridgehead atoms. The van der Waals surface area contributed by atoms with Crippen molar-refractivity contribution in [2.24, 2.45) is 0 Å². The van der Waals surface area contributed by atoms with Gasteiger partial charge >= 0.3 is 6.09 Å². The minimum absolute atomic E-state index is 0.127. The third kappa shape index (κ3) is 2.32. The summed E-state index contributed by atoms with van der Waals surface area (Å²) in [6.45, 7) is 6.88. The van der Waals surface area contributed by atoms with Crippen molar-refractivity contribution in [3.8, 4) is 0 Å². The number of halogens is 1. The van der Waals surface area contributed by atoms with Crippen LogP contribution in [0.5, 0.6) is 0 Å². The van der Waals surface area contributed by atoms with E-state index in [1.54, 1.807) is 39.8 Å². The molecule has 0 aromatic heterocycles. The first kappa shape index (κ1) is 12.5. The molecule has 0 heterocycles. The first-order valence-electron chi connectivity index (χ1n) is 5.03. The van der Waals surface area contributed by atoms with Crippen LogP contribution in [0.4, 0.5) is 14.9 Å². The highest BCUT2D eigenvalue weighted by molar-refractivity contribution is 5.88. The smallest absolute Gasteiger partial charge is 0.412 e. The lowest BCUT2D eigenvalue weighted by molar-refractivity contribution is 0.195. The summed E-state index contributed by atoms with van der Waals surface area (Å²) in [5, 5.41) is 9.17. The van der Waals surface area contributed by atoms with Crippen molar-refractivity contribution >= 4 is 11.8 Å². The van der Waals surface area contributed by atoms with E-state index in [1.807, 2.05) is 0 Å². The fourth-order valence-electron chi connectivity index (χ4n) is 1.62. The molecule has 16 heavy (non-hydrogen) atoms. The fraction of sp³-hybridized carbons (Fsp3) is 0.417. The van der Waals surface area contributed by atoms with Gasteiger partial charge in [-0.25, -0.2) is 9.18 Å². The Labute approximate surface area is 94.5 Å². The van der Waals surface area contributed by atoms with Crippen LogP contribution in [0.25, 0.3) is 0 Å². The van der Waals surface area contributed by atoms with E-state index in [0.717, 1.165) is 4.90 Å². The van der Waals surface area contributed by atoms with Gasteiger partial charge in [-0.15, -0.1) is 0 Å². The predicted octanol–water partition coefficient (Wildman–Crippen LogP) is 3.42. The molecule has 3 nitrogen and oxygen atoms in total. The fourth-order valence-corrected chi connectivity index (χ4v) is 1.62. The van der Waals surface area contributed by atoms with E-state index in [2.05, 4.69) is 0 Å². The lowest BCUT2D eigenvalue weighted by atomic mass is 10.0. The quantitative estimate of drug-likeness (QED) is 0.795. The van der Waals surface area contributed by atoms with Crippen molar-refractivity contribution in [1.82, 2.24) is 0 Å². The van der Waals surface area contributed by atoms with E-state index in [9.17, 15) is 14.3 Å². The predicted molar refractivity (Wildman–Crippen MR) is 61.4 cm³/mol. The molecule has 0 atom stereocenters. The SMILES string of the molecule is Cc1cccc(F)c1N(C(=O)O)C(C)(C)C. The van der Waals surface area contributed by atoms with E-state index >= 15 is 0 Å². The first-order valence-corrected chi connectivity index (χ1v) is 5.03. The molecule has 1 N–H and O–H groups in total. The molecule has 0 aliphatic heterocycles. The van der Waals surface area contributed by atoms with Crippen LogP contribution in [0.2, 0.25) is 0 Å². The Morgan fingerprint density at radius 1 is 1.38 bits per heavy atom. The molecule has 0 aliphatic carbocycles. The molecule has 0 unspecified atom stereocenters. The number of benzene rings is 1. The third-order valence-electron chi connectivity index (χ3n) is 2.27. The maximum Gasteiger partial charge on any atom is 0.412 e. The van der Waals surface area contributed by atoms with Gasteiger partial charge in [-0.2, -0.15) is 0 Å². The Hall–Kier alpha value is -1.58. The van der Waals surface area contributed by atoms with Gasteiger partial charge in [0.25, 0.3) is 0 Å². The largest absolute Gasteiger partial charge is 0.465 e. The van der Waals surface area contributed by atoms with Crippen LogP contribution < -0.4 is 4.90 Å². The number of anilines is 1. The second-order valence-corrected chi connectivity index (χ2v) is 4.69. The number of nitrogens with zero attached hydrogens (tertiary/aromatic N) is 1. The van der Waals surface area contributed by atoms with Crippen molar-refractivity contribution in [2.45, 2.75) is 33.2 Å². The van der Waals surface area contributed by atoms with Gasteiger partial charge in [-0.05, 0) is 39.3 Å². The molecule has 4 heteroatoms. The first-order chi connectivity index (χ1) is 7.25. The zero-order valence-corrected chi connectivity index (χ0v) is 9.91. The van der Waals surface area contributed by atoms with Gasteiger partial charge in [0, 0.05) is 5.54 Å². The van der Waals surface area contributed by atoms with Crippen molar-refractivity contribution in [1.29, 1.82) is 0 Å². The lowest BCUT2D eigenvalue weighted by Crippen LogP contribution is -2.46. The summed E-state index contributed by atoms with van der Waals surface area (Å²) in [5.41, 5.74) is 0.0542. The number of hydrogen-bond donors (Lipinski definition) is 1. The summed E-state index contributed by atoms with van der Waals surface area (Å²) >= 11 is 0. The summed E-state index contributed by atoms with van der Waals surface area (Å²) in [4.78, 5) is 12.3. The zero-order chi connectivity index (χ0) is 12.5. The normalized spacial score (nSPS) is 11.3. The summed E-state index contributed by atoms with van der Waals surface area (Å²) in [6.07, 6.45) is -1.15. The van der Waals surface area contributed by atoms with Crippen LogP contribution in [0.1, 0.15) is 26.3 Å². The average Bonchev–Trinajstić information content (AvgIpc) is 2.08. The number of amides is 1. The molecule has 1 aromatic carbocycles. The monoisotopic (exact) mass is 225 g/mol. The van der Waals surface area contributed by atoms with E-state index in [0.29, 0.717) is 5.56 Å². The maximum atomic E-state index is 13.7. The van der Waals surface area contributed by atoms with Crippen LogP contribution >= 0.6 is 0 Å². The highest BCUT2D eigenvalue weighted by Gasteiger charge is 2.30. The number of carboxylic acid groups (broad SMARTS) is 1. The van der Waals surface area contributed by atoms with Crippen LogP contribution in [-0.2, 0) is 0 Å². The number of para-hydroxylation sites is 1. The molecule has 0 saturated carbocycles. The highest BCUT2D eigenvalue weighted by atomic mass is 19.1. The van der Waals surface area contributed by atoms with Gasteiger partial charge in [0.2, 0.25) is 0 Å². The van der Waals surface area contributed by atoms with Crippen molar-refractivity contribution in [3.05, 3.63) is 29.6 Å². The van der Waals surface area contributed by atoms with Crippen molar-refractivity contribution in [3.63, 3.8) is 0 Å². The molecule has 0 fully saturated rings. The molecule has 0 aliphatic rings. The Morgan fingerprint density at radius 2 is 1.94 bits per heavy atom. The van der Waals surface area contributed by atoms with Crippen molar-refractivity contribution < 1.29 is 14.3 Å². The number of rotatable bonds is 1. The Morgan fingerprint density at radius 3 is 2.31 bits per heavy atom. The van der Waals surface area contributed by atoms with E-state index in [-0.39, 0.29) is 5.69 Å². The molecular weight excluding hydrogens is 209 g/mol. The van der Waals surface area contributed by atoms with E-state index in [1.165, 1.54) is 6.07 Å². The van der Waals surface area contributed by atoms with Gasteiger partial charge in [-0.1, -0.05) is 12.1 Å². The summed E-state index contributed by atoms with van der Waals surface area (Å²) in [5.74, 6) is -0.516. The minimum atomic E-state index is -1.15. The summed E-state index contributed by atoms with van der Waals surface area (Å²) in [7, 11) is 0. The average molecular weight is 225 g/mol. The molecule has 88 valence electrons. The van der Waals surface area contributed by atoms with Crippen LogP contribution in [-0.4, -0.2) is 16.7 Å². The van der Waals surface area contributed by atoms with Gasteiger partial charge in [-0.3, -0.25) is 4.90 Å². The van der Waals surface area contributed by atoms with E-state index in [4.69, 9.17) is 0 Å². The second-order valence-electron chi connectivity index (χ2n) is 4.69. The van der Waals surface area contributed by atoms with Gasteiger partial charge in [0.1, 0.15) is 5.82 Å². The Balaban J connectivity index is 3.38. The lowest BCUT2D eigenvalue weighted by Gasteiger charge is -2.34. The van der Waals surface area contributed by atoms with E-state index < -0.39 is 17.4 Å². The summed E-state index contributed by atoms with van der Waals surface area (Å²) < 4.78 is 13.7.